The van der Waals surface area contributed by atoms with E-state index in [-0.39, 0.29) is 0 Å². The van der Waals surface area contributed by atoms with Crippen LogP contribution in [0.25, 0.3) is 0 Å². The van der Waals surface area contributed by atoms with E-state index < -0.39 is 0 Å². The van der Waals surface area contributed by atoms with E-state index in [2.05, 4.69) is 41.2 Å². The van der Waals surface area contributed by atoms with E-state index >= 15 is 0 Å². The summed E-state index contributed by atoms with van der Waals surface area (Å²) in [7, 11) is 0. The molecule has 0 aliphatic heterocycles. The zero-order chi connectivity index (χ0) is 8.97. The Morgan fingerprint density at radius 1 is 1.58 bits per heavy atom. The lowest BCUT2D eigenvalue weighted by molar-refractivity contribution is 0.394. The Labute approximate surface area is 88.3 Å². The summed E-state index contributed by atoms with van der Waals surface area (Å²) in [5.74, 6) is 2.03. The molecule has 0 saturated heterocycles. The van der Waals surface area contributed by atoms with Gasteiger partial charge >= 0.3 is 0 Å². The minimum atomic E-state index is 0.892. The predicted octanol–water partition coefficient (Wildman–Crippen LogP) is 4.21. The van der Waals surface area contributed by atoms with Crippen molar-refractivity contribution in [2.24, 2.45) is 5.92 Å². The molecule has 1 saturated carbocycles. The van der Waals surface area contributed by atoms with E-state index in [9.17, 15) is 0 Å². The predicted molar refractivity (Wildman–Crippen MR) is 61.9 cm³/mol. The Morgan fingerprint density at radius 3 is 2.92 bits per heavy atom. The first-order valence-corrected chi connectivity index (χ1v) is 6.47. The van der Waals surface area contributed by atoms with Crippen LogP contribution in [0.1, 0.15) is 32.6 Å². The van der Waals surface area contributed by atoms with Crippen LogP contribution >= 0.6 is 27.7 Å². The highest BCUT2D eigenvalue weighted by atomic mass is 79.9. The van der Waals surface area contributed by atoms with Crippen LogP contribution in [-0.4, -0.2) is 11.0 Å². The van der Waals surface area contributed by atoms with E-state index in [4.69, 9.17) is 0 Å². The van der Waals surface area contributed by atoms with Crippen LogP contribution in [0.2, 0.25) is 0 Å². The van der Waals surface area contributed by atoms with Crippen molar-refractivity contribution in [3.63, 3.8) is 0 Å². The van der Waals surface area contributed by atoms with Crippen LogP contribution in [0.5, 0.6) is 0 Å². The standard InChI is InChI=1S/C10H17BrS/c1-8-4-3-5-10(6-8)12-7-9(2)11/h8,10H,2-7H2,1H3. The molecule has 0 bridgehead atoms. The maximum Gasteiger partial charge on any atom is 0.0247 e. The quantitative estimate of drug-likeness (QED) is 0.722. The van der Waals surface area contributed by atoms with Crippen LogP contribution in [0.15, 0.2) is 11.1 Å². The summed E-state index contributed by atoms with van der Waals surface area (Å²) < 4.78 is 1.13. The van der Waals surface area contributed by atoms with Crippen molar-refractivity contribution in [1.82, 2.24) is 0 Å². The average molecular weight is 249 g/mol. The van der Waals surface area contributed by atoms with Gasteiger partial charge in [0.2, 0.25) is 0 Å². The van der Waals surface area contributed by atoms with Gasteiger partial charge in [-0.3, -0.25) is 0 Å². The molecule has 0 aromatic rings. The van der Waals surface area contributed by atoms with Crippen molar-refractivity contribution < 1.29 is 0 Å². The molecule has 0 aromatic heterocycles. The van der Waals surface area contributed by atoms with Crippen molar-refractivity contribution in [3.8, 4) is 0 Å². The lowest BCUT2D eigenvalue weighted by Crippen LogP contribution is -2.15. The van der Waals surface area contributed by atoms with Crippen LogP contribution in [0.4, 0.5) is 0 Å². The van der Waals surface area contributed by atoms with E-state index in [1.54, 1.807) is 0 Å². The van der Waals surface area contributed by atoms with Gasteiger partial charge in [0.1, 0.15) is 0 Å². The van der Waals surface area contributed by atoms with Gasteiger partial charge in [0, 0.05) is 11.0 Å². The molecule has 2 atom stereocenters. The molecule has 2 heteroatoms. The molecule has 70 valence electrons. The molecular weight excluding hydrogens is 232 g/mol. The molecule has 1 aliphatic rings. The molecule has 1 aliphatic carbocycles. The van der Waals surface area contributed by atoms with Crippen molar-refractivity contribution in [2.75, 3.05) is 5.75 Å². The smallest absolute Gasteiger partial charge is 0.0247 e. The highest BCUT2D eigenvalue weighted by Crippen LogP contribution is 2.32. The van der Waals surface area contributed by atoms with Crippen molar-refractivity contribution >= 4 is 27.7 Å². The summed E-state index contributed by atoms with van der Waals surface area (Å²) in [5, 5.41) is 0.892. The SMILES string of the molecule is C=C(Br)CSC1CCCC(C)C1. The fourth-order valence-electron chi connectivity index (χ4n) is 1.74. The summed E-state index contributed by atoms with van der Waals surface area (Å²) in [5.41, 5.74) is 0. The van der Waals surface area contributed by atoms with Gasteiger partial charge in [-0.1, -0.05) is 42.3 Å². The Kier molecular flexibility index (Phi) is 4.73. The van der Waals surface area contributed by atoms with Crippen LogP contribution in [0, 0.1) is 5.92 Å². The minimum absolute atomic E-state index is 0.892. The van der Waals surface area contributed by atoms with Crippen LogP contribution in [0.3, 0.4) is 0 Å². The number of hydrogen-bond donors (Lipinski definition) is 0. The topological polar surface area (TPSA) is 0 Å². The van der Waals surface area contributed by atoms with E-state index in [0.29, 0.717) is 0 Å². The number of rotatable bonds is 3. The van der Waals surface area contributed by atoms with Gasteiger partial charge in [0.05, 0.1) is 0 Å². The summed E-state index contributed by atoms with van der Waals surface area (Å²) in [6.07, 6.45) is 5.68. The lowest BCUT2D eigenvalue weighted by Gasteiger charge is -2.25. The van der Waals surface area contributed by atoms with Gasteiger partial charge in [-0.05, 0) is 23.2 Å². The van der Waals surface area contributed by atoms with Gasteiger partial charge in [0.25, 0.3) is 0 Å². The fourth-order valence-corrected chi connectivity index (χ4v) is 3.35. The molecule has 0 radical (unpaired) electrons. The van der Waals surface area contributed by atoms with Crippen molar-refractivity contribution in [3.05, 3.63) is 11.1 Å². The molecule has 1 fully saturated rings. The Morgan fingerprint density at radius 2 is 2.33 bits per heavy atom. The molecule has 0 spiro atoms. The number of halogens is 1. The highest BCUT2D eigenvalue weighted by molar-refractivity contribution is 9.11. The molecule has 0 N–H and O–H groups in total. The zero-order valence-corrected chi connectivity index (χ0v) is 10.1. The second-order valence-corrected chi connectivity index (χ2v) is 6.13. The Balaban J connectivity index is 2.18. The third-order valence-electron chi connectivity index (χ3n) is 2.36. The normalized spacial score (nSPS) is 30.2. The first kappa shape index (κ1) is 10.6. The number of thioether (sulfide) groups is 1. The third-order valence-corrected chi connectivity index (χ3v) is 4.43. The molecule has 2 unspecified atom stereocenters. The number of hydrogen-bond acceptors (Lipinski definition) is 1. The van der Waals surface area contributed by atoms with Gasteiger partial charge < -0.3 is 0 Å². The maximum atomic E-state index is 3.85. The van der Waals surface area contributed by atoms with Gasteiger partial charge in [-0.25, -0.2) is 0 Å². The highest BCUT2D eigenvalue weighted by Gasteiger charge is 2.18. The van der Waals surface area contributed by atoms with Gasteiger partial charge in [0.15, 0.2) is 0 Å². The summed E-state index contributed by atoms with van der Waals surface area (Å²) >= 11 is 5.46. The van der Waals surface area contributed by atoms with Crippen LogP contribution in [-0.2, 0) is 0 Å². The van der Waals surface area contributed by atoms with Crippen LogP contribution < -0.4 is 0 Å². The third kappa shape index (κ3) is 3.99. The minimum Gasteiger partial charge on any atom is -0.153 e. The molecular formula is C10H17BrS. The van der Waals surface area contributed by atoms with Crippen molar-refractivity contribution in [2.45, 2.75) is 37.9 Å². The fraction of sp³-hybridized carbons (Fsp3) is 0.800. The summed E-state index contributed by atoms with van der Waals surface area (Å²) in [4.78, 5) is 0. The van der Waals surface area contributed by atoms with Gasteiger partial charge in [-0.15, -0.1) is 0 Å². The lowest BCUT2D eigenvalue weighted by atomic mass is 9.91. The van der Waals surface area contributed by atoms with Gasteiger partial charge in [-0.2, -0.15) is 11.8 Å². The first-order chi connectivity index (χ1) is 5.68. The molecule has 1 rings (SSSR count). The molecule has 0 heterocycles. The van der Waals surface area contributed by atoms with E-state index in [1.807, 2.05) is 0 Å². The molecule has 12 heavy (non-hydrogen) atoms. The Bertz CT molecular complexity index is 156. The van der Waals surface area contributed by atoms with E-state index in [1.165, 1.54) is 25.7 Å². The second kappa shape index (κ2) is 5.33. The monoisotopic (exact) mass is 248 g/mol. The Hall–Kier alpha value is 0.570. The summed E-state index contributed by atoms with van der Waals surface area (Å²) in [6, 6.07) is 0. The zero-order valence-electron chi connectivity index (χ0n) is 7.68. The first-order valence-electron chi connectivity index (χ1n) is 4.63. The molecule has 0 nitrogen and oxygen atoms in total. The largest absolute Gasteiger partial charge is 0.153 e. The average Bonchev–Trinajstić information content (AvgIpc) is 2.01. The maximum absolute atomic E-state index is 3.85. The molecule has 0 aromatic carbocycles. The van der Waals surface area contributed by atoms with E-state index in [0.717, 1.165) is 21.4 Å². The van der Waals surface area contributed by atoms with Crippen molar-refractivity contribution in [1.29, 1.82) is 0 Å². The molecule has 0 amide bonds. The second-order valence-electron chi connectivity index (χ2n) is 3.72. The summed E-state index contributed by atoms with van der Waals surface area (Å²) in [6.45, 7) is 6.23.